The van der Waals surface area contributed by atoms with Crippen molar-refractivity contribution < 1.29 is 15.3 Å². The summed E-state index contributed by atoms with van der Waals surface area (Å²) in [4.78, 5) is 0. The molecule has 0 saturated carbocycles. The maximum Gasteiger partial charge on any atom is 0.106 e. The quantitative estimate of drug-likeness (QED) is 0.0677. The van der Waals surface area contributed by atoms with Crippen molar-refractivity contribution in [3.05, 3.63) is 0 Å². The monoisotopic (exact) mass is 653 g/mol. The van der Waals surface area contributed by atoms with Crippen molar-refractivity contribution in [1.29, 1.82) is 0 Å². The van der Waals surface area contributed by atoms with Gasteiger partial charge in [-0.25, -0.2) is 0 Å². The van der Waals surface area contributed by atoms with Gasteiger partial charge in [-0.3, -0.25) is 0 Å². The van der Waals surface area contributed by atoms with Crippen LogP contribution in [0, 0.1) is 47.3 Å². The van der Waals surface area contributed by atoms with E-state index >= 15 is 0 Å². The highest BCUT2D eigenvalue weighted by molar-refractivity contribution is 4.77. The summed E-state index contributed by atoms with van der Waals surface area (Å²) in [5.74, 6) is 6.09. The Morgan fingerprint density at radius 1 is 0.261 bits per heavy atom. The fourth-order valence-corrected chi connectivity index (χ4v) is 7.38. The molecule has 0 amide bonds. The van der Waals surface area contributed by atoms with E-state index in [1.807, 2.05) is 0 Å². The molecule has 3 heteroatoms. The molecule has 3 N–H and O–H groups in total. The molecule has 0 aromatic carbocycles. The van der Waals surface area contributed by atoms with Crippen LogP contribution in [0.3, 0.4) is 0 Å². The van der Waals surface area contributed by atoms with Gasteiger partial charge in [-0.1, -0.05) is 185 Å². The highest BCUT2D eigenvalue weighted by atomic mass is 16.4. The smallest absolute Gasteiger partial charge is 0.106 e. The minimum absolute atomic E-state index is 0.549. The molecule has 0 aromatic heterocycles. The molecule has 46 heavy (non-hydrogen) atoms. The number of aliphatic hydroxyl groups is 3. The van der Waals surface area contributed by atoms with Gasteiger partial charge in [0.05, 0.1) is 12.2 Å². The molecule has 0 rings (SSSR count). The fraction of sp³-hybridized carbons (Fsp3) is 1.00. The van der Waals surface area contributed by atoms with E-state index in [1.165, 1.54) is 116 Å². The summed E-state index contributed by atoms with van der Waals surface area (Å²) in [6.07, 6.45) is 24.2. The summed E-state index contributed by atoms with van der Waals surface area (Å²) in [6.45, 7) is 23.5. The van der Waals surface area contributed by atoms with Crippen molar-refractivity contribution in [3.63, 3.8) is 0 Å². The third kappa shape index (κ3) is 27.8. The average molecular weight is 653 g/mol. The maximum atomic E-state index is 10.6. The Bertz CT molecular complexity index is 594. The Labute approximate surface area is 290 Å². The summed E-state index contributed by atoms with van der Waals surface area (Å²) in [7, 11) is 0. The summed E-state index contributed by atoms with van der Waals surface area (Å²) in [5.41, 5.74) is 0. The third-order valence-corrected chi connectivity index (χ3v) is 11.2. The molecule has 0 radical (unpaired) electrons. The molecule has 0 spiro atoms. The van der Waals surface area contributed by atoms with E-state index in [-0.39, 0.29) is 0 Å². The molecule has 8 unspecified atom stereocenters. The van der Waals surface area contributed by atoms with Gasteiger partial charge in [0.1, 0.15) is 6.10 Å². The molecular formula is C43H88O3. The molecule has 0 aromatic rings. The zero-order chi connectivity index (χ0) is 34.9. The van der Waals surface area contributed by atoms with Crippen LogP contribution in [0.4, 0.5) is 0 Å². The SMILES string of the molecule is CC(C)CCCC(C)CCCC(C)CCCC(C)CCC(O)C(O)C(O)CCC(C)CCCC(C)CCCC(C)CCCC(C)C. The van der Waals surface area contributed by atoms with Gasteiger partial charge in [-0.05, 0) is 73.0 Å². The van der Waals surface area contributed by atoms with Gasteiger partial charge in [0, 0.05) is 0 Å². The van der Waals surface area contributed by atoms with Crippen LogP contribution in [0.2, 0.25) is 0 Å². The van der Waals surface area contributed by atoms with E-state index in [0.717, 1.165) is 48.3 Å². The van der Waals surface area contributed by atoms with Gasteiger partial charge in [0.15, 0.2) is 0 Å². The molecule has 0 aliphatic carbocycles. The first-order valence-electron chi connectivity index (χ1n) is 20.7. The molecule has 278 valence electrons. The van der Waals surface area contributed by atoms with E-state index in [1.54, 1.807) is 0 Å². The zero-order valence-corrected chi connectivity index (χ0v) is 33.2. The summed E-state index contributed by atoms with van der Waals surface area (Å²) in [5, 5.41) is 31.8. The van der Waals surface area contributed by atoms with Gasteiger partial charge in [-0.2, -0.15) is 0 Å². The first kappa shape index (κ1) is 45.9. The first-order chi connectivity index (χ1) is 21.7. The zero-order valence-electron chi connectivity index (χ0n) is 33.2. The molecular weight excluding hydrogens is 564 g/mol. The second-order valence-corrected chi connectivity index (χ2v) is 17.8. The van der Waals surface area contributed by atoms with Crippen molar-refractivity contribution in [2.75, 3.05) is 0 Å². The number of hydrogen-bond acceptors (Lipinski definition) is 3. The van der Waals surface area contributed by atoms with Crippen LogP contribution in [0.25, 0.3) is 0 Å². The highest BCUT2D eigenvalue weighted by Crippen LogP contribution is 2.26. The van der Waals surface area contributed by atoms with Crippen molar-refractivity contribution in [2.45, 2.75) is 229 Å². The normalized spacial score (nSPS) is 18.3. The molecule has 8 atom stereocenters. The van der Waals surface area contributed by atoms with Gasteiger partial charge < -0.3 is 15.3 Å². The van der Waals surface area contributed by atoms with Gasteiger partial charge in [0.25, 0.3) is 0 Å². The van der Waals surface area contributed by atoms with Gasteiger partial charge in [0.2, 0.25) is 0 Å². The van der Waals surface area contributed by atoms with E-state index in [2.05, 4.69) is 69.2 Å². The lowest BCUT2D eigenvalue weighted by Gasteiger charge is -2.25. The van der Waals surface area contributed by atoms with Crippen LogP contribution in [-0.2, 0) is 0 Å². The number of rotatable bonds is 32. The minimum Gasteiger partial charge on any atom is -0.390 e. The van der Waals surface area contributed by atoms with E-state index < -0.39 is 18.3 Å². The first-order valence-corrected chi connectivity index (χ1v) is 20.7. The third-order valence-electron chi connectivity index (χ3n) is 11.2. The van der Waals surface area contributed by atoms with E-state index in [4.69, 9.17) is 0 Å². The van der Waals surface area contributed by atoms with Crippen LogP contribution in [0.15, 0.2) is 0 Å². The minimum atomic E-state index is -1.03. The lowest BCUT2D eigenvalue weighted by molar-refractivity contribution is -0.0671. The van der Waals surface area contributed by atoms with Crippen LogP contribution in [0.5, 0.6) is 0 Å². The second-order valence-electron chi connectivity index (χ2n) is 17.8. The Balaban J connectivity index is 3.95. The topological polar surface area (TPSA) is 60.7 Å². The van der Waals surface area contributed by atoms with Crippen molar-refractivity contribution >= 4 is 0 Å². The molecule has 0 fully saturated rings. The second kappa shape index (κ2) is 28.7. The Morgan fingerprint density at radius 3 is 0.674 bits per heavy atom. The predicted octanol–water partition coefficient (Wildman–Crippen LogP) is 12.8. The average Bonchev–Trinajstić information content (AvgIpc) is 2.97. The number of hydrogen-bond donors (Lipinski definition) is 3. The molecule has 0 aliphatic heterocycles. The van der Waals surface area contributed by atoms with Crippen LogP contribution >= 0.6 is 0 Å². The molecule has 0 aliphatic rings. The van der Waals surface area contributed by atoms with E-state index in [9.17, 15) is 15.3 Å². The molecule has 0 bridgehead atoms. The summed E-state index contributed by atoms with van der Waals surface area (Å²) < 4.78 is 0. The van der Waals surface area contributed by atoms with Crippen LogP contribution in [-0.4, -0.2) is 33.6 Å². The van der Waals surface area contributed by atoms with Gasteiger partial charge in [-0.15, -0.1) is 0 Å². The molecule has 3 nitrogen and oxygen atoms in total. The Hall–Kier alpha value is -0.120. The predicted molar refractivity (Wildman–Crippen MR) is 204 cm³/mol. The summed E-state index contributed by atoms with van der Waals surface area (Å²) in [6, 6.07) is 0. The van der Waals surface area contributed by atoms with Crippen LogP contribution < -0.4 is 0 Å². The largest absolute Gasteiger partial charge is 0.390 e. The lowest BCUT2D eigenvalue weighted by Crippen LogP contribution is -2.37. The molecule has 0 saturated heterocycles. The highest BCUT2D eigenvalue weighted by Gasteiger charge is 2.25. The number of aliphatic hydroxyl groups excluding tert-OH is 3. The van der Waals surface area contributed by atoms with Crippen LogP contribution in [0.1, 0.15) is 210 Å². The Kier molecular flexibility index (Phi) is 28.6. The van der Waals surface area contributed by atoms with Crippen molar-refractivity contribution in [1.82, 2.24) is 0 Å². The Morgan fingerprint density at radius 2 is 0.457 bits per heavy atom. The maximum absolute atomic E-state index is 10.6. The van der Waals surface area contributed by atoms with Crippen molar-refractivity contribution in [2.24, 2.45) is 47.3 Å². The lowest BCUT2D eigenvalue weighted by atomic mass is 9.89. The summed E-state index contributed by atoms with van der Waals surface area (Å²) >= 11 is 0. The fourth-order valence-electron chi connectivity index (χ4n) is 7.38. The standard InChI is InChI=1S/C43H88O3/c1-33(2)17-11-19-35(5)21-13-23-37(7)25-15-27-39(9)29-31-41(44)43(46)42(45)32-30-40(10)28-16-26-38(8)24-14-22-36(6)20-12-18-34(3)4/h33-46H,11-32H2,1-10H3. The van der Waals surface area contributed by atoms with Crippen molar-refractivity contribution in [3.8, 4) is 0 Å². The van der Waals surface area contributed by atoms with E-state index in [0.29, 0.717) is 24.7 Å². The molecule has 0 heterocycles. The van der Waals surface area contributed by atoms with Gasteiger partial charge >= 0.3 is 0 Å².